The highest BCUT2D eigenvalue weighted by Crippen LogP contribution is 2.10. The molecule has 2 aromatic heterocycles. The first-order chi connectivity index (χ1) is 8.16. The molecule has 0 bridgehead atoms. The van der Waals surface area contributed by atoms with Gasteiger partial charge in [0.15, 0.2) is 0 Å². The van der Waals surface area contributed by atoms with E-state index in [1.807, 2.05) is 0 Å². The van der Waals surface area contributed by atoms with E-state index >= 15 is 0 Å². The van der Waals surface area contributed by atoms with Gasteiger partial charge in [-0.15, -0.1) is 0 Å². The van der Waals surface area contributed by atoms with Crippen LogP contribution >= 0.6 is 0 Å². The molecule has 2 aromatic rings. The zero-order valence-corrected chi connectivity index (χ0v) is 8.78. The predicted octanol–water partition coefficient (Wildman–Crippen LogP) is 0.390. The smallest absolute Gasteiger partial charge is 0.325 e. The SMILES string of the molecule is O=C(O)Cn1nc(-c2ccccn2)ccc1=O. The molecule has 0 spiro atoms. The number of carboxylic acids is 1. The lowest BCUT2D eigenvalue weighted by molar-refractivity contribution is -0.138. The van der Waals surface area contributed by atoms with E-state index in [1.54, 1.807) is 24.4 Å². The number of aromatic nitrogens is 3. The Bertz CT molecular complexity index is 592. The average Bonchev–Trinajstić information content (AvgIpc) is 2.32. The molecule has 6 nitrogen and oxygen atoms in total. The fourth-order valence-electron chi connectivity index (χ4n) is 1.34. The number of nitrogens with zero attached hydrogens (tertiary/aromatic N) is 3. The molecule has 0 saturated carbocycles. The topological polar surface area (TPSA) is 85.1 Å². The summed E-state index contributed by atoms with van der Waals surface area (Å²) in [6.07, 6.45) is 1.60. The van der Waals surface area contributed by atoms with Gasteiger partial charge in [0.25, 0.3) is 5.56 Å². The standard InChI is InChI=1S/C11H9N3O3/c15-10-5-4-9(8-3-1-2-6-12-8)13-14(10)7-11(16)17/h1-6H,7H2,(H,16,17). The Balaban J connectivity index is 2.44. The quantitative estimate of drug-likeness (QED) is 0.825. The molecular formula is C11H9N3O3. The van der Waals surface area contributed by atoms with Crippen molar-refractivity contribution in [3.8, 4) is 11.4 Å². The Morgan fingerprint density at radius 2 is 2.06 bits per heavy atom. The number of aliphatic carboxylic acids is 1. The van der Waals surface area contributed by atoms with Crippen LogP contribution in [0.3, 0.4) is 0 Å². The number of hydrogen-bond acceptors (Lipinski definition) is 4. The second-order valence-electron chi connectivity index (χ2n) is 3.32. The molecule has 0 aliphatic rings. The van der Waals surface area contributed by atoms with Crippen molar-refractivity contribution >= 4 is 5.97 Å². The van der Waals surface area contributed by atoms with Crippen LogP contribution in [0.1, 0.15) is 0 Å². The lowest BCUT2D eigenvalue weighted by Gasteiger charge is -2.03. The van der Waals surface area contributed by atoms with Gasteiger partial charge in [-0.25, -0.2) is 4.68 Å². The molecule has 0 aliphatic heterocycles. The fourth-order valence-corrected chi connectivity index (χ4v) is 1.34. The molecule has 0 amide bonds. The van der Waals surface area contributed by atoms with Crippen LogP contribution in [-0.4, -0.2) is 25.8 Å². The van der Waals surface area contributed by atoms with E-state index in [0.717, 1.165) is 4.68 Å². The molecule has 6 heteroatoms. The normalized spacial score (nSPS) is 10.1. The van der Waals surface area contributed by atoms with Crippen molar-refractivity contribution in [3.05, 3.63) is 46.9 Å². The van der Waals surface area contributed by atoms with Gasteiger partial charge in [-0.1, -0.05) is 6.07 Å². The monoisotopic (exact) mass is 231 g/mol. The molecule has 1 N–H and O–H groups in total. The first-order valence-corrected chi connectivity index (χ1v) is 4.88. The Morgan fingerprint density at radius 3 is 2.71 bits per heavy atom. The van der Waals surface area contributed by atoms with Crippen molar-refractivity contribution in [1.29, 1.82) is 0 Å². The molecule has 0 aromatic carbocycles. The second-order valence-corrected chi connectivity index (χ2v) is 3.32. The number of pyridine rings is 1. The Labute approximate surface area is 96.2 Å². The molecule has 2 heterocycles. The molecule has 0 saturated heterocycles. The number of hydrogen-bond donors (Lipinski definition) is 1. The molecule has 0 aliphatic carbocycles. The lowest BCUT2D eigenvalue weighted by Crippen LogP contribution is -2.26. The van der Waals surface area contributed by atoms with Crippen LogP contribution in [0.4, 0.5) is 0 Å². The molecule has 0 radical (unpaired) electrons. The van der Waals surface area contributed by atoms with Crippen LogP contribution in [0.25, 0.3) is 11.4 Å². The molecule has 2 rings (SSSR count). The lowest BCUT2D eigenvalue weighted by atomic mass is 10.2. The maximum absolute atomic E-state index is 11.4. The Hall–Kier alpha value is -2.50. The van der Waals surface area contributed by atoms with Crippen LogP contribution in [0.2, 0.25) is 0 Å². The summed E-state index contributed by atoms with van der Waals surface area (Å²) in [6.45, 7) is -0.459. The predicted molar refractivity (Wildman–Crippen MR) is 59.4 cm³/mol. The fraction of sp³-hybridized carbons (Fsp3) is 0.0909. The third kappa shape index (κ3) is 2.54. The van der Waals surface area contributed by atoms with E-state index in [-0.39, 0.29) is 0 Å². The van der Waals surface area contributed by atoms with Gasteiger partial charge in [-0.05, 0) is 18.2 Å². The van der Waals surface area contributed by atoms with E-state index in [2.05, 4.69) is 10.1 Å². The first-order valence-electron chi connectivity index (χ1n) is 4.88. The van der Waals surface area contributed by atoms with Gasteiger partial charge in [-0.3, -0.25) is 14.6 Å². The van der Waals surface area contributed by atoms with E-state index < -0.39 is 18.1 Å². The maximum atomic E-state index is 11.4. The van der Waals surface area contributed by atoms with Gasteiger partial charge < -0.3 is 5.11 Å². The van der Waals surface area contributed by atoms with Gasteiger partial charge in [0.05, 0.1) is 5.69 Å². The van der Waals surface area contributed by atoms with Crippen LogP contribution in [-0.2, 0) is 11.3 Å². The molecule has 0 atom stereocenters. The average molecular weight is 231 g/mol. The summed E-state index contributed by atoms with van der Waals surface area (Å²) >= 11 is 0. The first kappa shape index (κ1) is 11.0. The third-order valence-electron chi connectivity index (χ3n) is 2.08. The highest BCUT2D eigenvalue weighted by Gasteiger charge is 2.06. The zero-order chi connectivity index (χ0) is 12.3. The van der Waals surface area contributed by atoms with Gasteiger partial charge >= 0.3 is 5.97 Å². The van der Waals surface area contributed by atoms with Gasteiger partial charge in [0.2, 0.25) is 0 Å². The van der Waals surface area contributed by atoms with Crippen molar-refractivity contribution in [2.45, 2.75) is 6.54 Å². The van der Waals surface area contributed by atoms with Gasteiger partial charge in [-0.2, -0.15) is 5.10 Å². The van der Waals surface area contributed by atoms with Crippen molar-refractivity contribution in [2.75, 3.05) is 0 Å². The van der Waals surface area contributed by atoms with Crippen molar-refractivity contribution in [2.24, 2.45) is 0 Å². The zero-order valence-electron chi connectivity index (χ0n) is 8.78. The third-order valence-corrected chi connectivity index (χ3v) is 2.08. The van der Waals surface area contributed by atoms with Gasteiger partial charge in [0.1, 0.15) is 12.2 Å². The summed E-state index contributed by atoms with van der Waals surface area (Å²) < 4.78 is 0.895. The maximum Gasteiger partial charge on any atom is 0.325 e. The van der Waals surface area contributed by atoms with Crippen LogP contribution < -0.4 is 5.56 Å². The van der Waals surface area contributed by atoms with Crippen LogP contribution in [0.15, 0.2) is 41.3 Å². The van der Waals surface area contributed by atoms with Gasteiger partial charge in [0, 0.05) is 12.3 Å². The number of rotatable bonds is 3. The molecule has 0 unspecified atom stereocenters. The van der Waals surface area contributed by atoms with Crippen molar-refractivity contribution in [3.63, 3.8) is 0 Å². The summed E-state index contributed by atoms with van der Waals surface area (Å²) in [5.74, 6) is -1.11. The van der Waals surface area contributed by atoms with Crippen molar-refractivity contribution in [1.82, 2.24) is 14.8 Å². The van der Waals surface area contributed by atoms with Crippen LogP contribution in [0.5, 0.6) is 0 Å². The highest BCUT2D eigenvalue weighted by molar-refractivity contribution is 5.66. The minimum atomic E-state index is -1.11. The summed E-state index contributed by atoms with van der Waals surface area (Å²) in [5.41, 5.74) is 0.602. The molecule has 0 fully saturated rings. The second kappa shape index (κ2) is 4.56. The summed E-state index contributed by atoms with van der Waals surface area (Å²) in [5, 5.41) is 12.6. The Kier molecular flexibility index (Phi) is 2.95. The molecular weight excluding hydrogens is 222 g/mol. The summed E-state index contributed by atoms with van der Waals surface area (Å²) in [4.78, 5) is 26.0. The summed E-state index contributed by atoms with van der Waals surface area (Å²) in [6, 6.07) is 8.08. The van der Waals surface area contributed by atoms with E-state index in [4.69, 9.17) is 5.11 Å². The Morgan fingerprint density at radius 1 is 1.24 bits per heavy atom. The minimum Gasteiger partial charge on any atom is -0.480 e. The van der Waals surface area contributed by atoms with E-state index in [0.29, 0.717) is 11.4 Å². The highest BCUT2D eigenvalue weighted by atomic mass is 16.4. The molecule has 17 heavy (non-hydrogen) atoms. The minimum absolute atomic E-state index is 0.452. The van der Waals surface area contributed by atoms with E-state index in [9.17, 15) is 9.59 Å². The number of carbonyl (C=O) groups is 1. The van der Waals surface area contributed by atoms with Crippen molar-refractivity contribution < 1.29 is 9.90 Å². The van der Waals surface area contributed by atoms with E-state index in [1.165, 1.54) is 12.1 Å². The molecule has 86 valence electrons. The summed E-state index contributed by atoms with van der Waals surface area (Å²) in [7, 11) is 0. The van der Waals surface area contributed by atoms with Crippen LogP contribution in [0, 0.1) is 0 Å². The number of carboxylic acid groups (broad SMARTS) is 1. The largest absolute Gasteiger partial charge is 0.480 e.